The number of hydroxylamine groups is 1. The third kappa shape index (κ3) is 3.29. The molecule has 1 aliphatic heterocycles. The first-order valence-electron chi connectivity index (χ1n) is 7.92. The summed E-state index contributed by atoms with van der Waals surface area (Å²) in [6.45, 7) is 4.13. The van der Waals surface area contributed by atoms with Crippen LogP contribution in [0.15, 0.2) is 24.3 Å². The smallest absolute Gasteiger partial charge is 0.251 e. The molecule has 1 fully saturated rings. The molecule has 2 atom stereocenters. The van der Waals surface area contributed by atoms with Crippen molar-refractivity contribution in [2.24, 2.45) is 5.41 Å². The van der Waals surface area contributed by atoms with Crippen molar-refractivity contribution in [3.63, 3.8) is 0 Å². The fraction of sp³-hybridized carbons (Fsp3) is 0.588. The maximum atomic E-state index is 12.5. The van der Waals surface area contributed by atoms with Gasteiger partial charge in [0.05, 0.1) is 12.5 Å². The molecule has 1 heterocycles. The van der Waals surface area contributed by atoms with Crippen LogP contribution in [0, 0.1) is 5.41 Å². The average molecular weight is 325 g/mol. The van der Waals surface area contributed by atoms with Crippen LogP contribution in [0.25, 0.3) is 0 Å². The zero-order valence-corrected chi connectivity index (χ0v) is 14.2. The summed E-state index contributed by atoms with van der Waals surface area (Å²) < 4.78 is 0. The maximum Gasteiger partial charge on any atom is 0.251 e. The summed E-state index contributed by atoms with van der Waals surface area (Å²) >= 11 is 6.09. The molecule has 1 aromatic rings. The molecule has 1 amide bonds. The zero-order chi connectivity index (χ0) is 16.2. The molecular weight excluding hydrogens is 300 g/mol. The van der Waals surface area contributed by atoms with E-state index < -0.39 is 5.41 Å². The van der Waals surface area contributed by atoms with Crippen LogP contribution < -0.4 is 10.8 Å². The minimum atomic E-state index is -0.441. The molecule has 2 N–H and O–H groups in total. The molecule has 4 nitrogen and oxygen atoms in total. The van der Waals surface area contributed by atoms with Gasteiger partial charge in [-0.2, -0.15) is 0 Å². The van der Waals surface area contributed by atoms with Crippen LogP contribution in [0.2, 0.25) is 5.02 Å². The topological polar surface area (TPSA) is 50.4 Å². The lowest BCUT2D eigenvalue weighted by molar-refractivity contribution is -0.144. The molecule has 0 saturated carbocycles. The molecule has 0 bridgehead atoms. The lowest BCUT2D eigenvalue weighted by atomic mass is 9.74. The highest BCUT2D eigenvalue weighted by Crippen LogP contribution is 2.40. The van der Waals surface area contributed by atoms with Crippen molar-refractivity contribution < 1.29 is 9.63 Å². The Hall–Kier alpha value is -1.10. The SMILES string of the molecule is CCC(CC)(C(=O)NOC)[C@H]1CC[C@@H](c2cccc(Cl)c2)N1. The van der Waals surface area contributed by atoms with E-state index in [0.717, 1.165) is 30.7 Å². The quantitative estimate of drug-likeness (QED) is 0.786. The Morgan fingerprint density at radius 1 is 1.41 bits per heavy atom. The van der Waals surface area contributed by atoms with Crippen molar-refractivity contribution in [2.75, 3.05) is 7.11 Å². The van der Waals surface area contributed by atoms with Gasteiger partial charge in [-0.05, 0) is 43.4 Å². The van der Waals surface area contributed by atoms with Gasteiger partial charge in [-0.3, -0.25) is 9.63 Å². The molecule has 1 aromatic carbocycles. The second-order valence-electron chi connectivity index (χ2n) is 5.90. The van der Waals surface area contributed by atoms with E-state index in [9.17, 15) is 4.79 Å². The van der Waals surface area contributed by atoms with Crippen molar-refractivity contribution in [1.82, 2.24) is 10.8 Å². The first-order valence-corrected chi connectivity index (χ1v) is 8.30. The van der Waals surface area contributed by atoms with E-state index in [1.807, 2.05) is 18.2 Å². The van der Waals surface area contributed by atoms with E-state index in [0.29, 0.717) is 0 Å². The zero-order valence-electron chi connectivity index (χ0n) is 13.5. The van der Waals surface area contributed by atoms with Crippen molar-refractivity contribution in [1.29, 1.82) is 0 Å². The monoisotopic (exact) mass is 324 g/mol. The van der Waals surface area contributed by atoms with E-state index in [1.165, 1.54) is 12.7 Å². The molecule has 1 saturated heterocycles. The number of halogens is 1. The number of hydrogen-bond donors (Lipinski definition) is 2. The summed E-state index contributed by atoms with van der Waals surface area (Å²) in [6, 6.07) is 8.32. The summed E-state index contributed by atoms with van der Waals surface area (Å²) in [7, 11) is 1.48. The Balaban J connectivity index is 2.17. The number of carbonyl (C=O) groups is 1. The van der Waals surface area contributed by atoms with Gasteiger partial charge in [0.15, 0.2) is 0 Å². The Labute approximate surface area is 137 Å². The second kappa shape index (κ2) is 7.44. The van der Waals surface area contributed by atoms with E-state index in [1.54, 1.807) is 0 Å². The van der Waals surface area contributed by atoms with Crippen molar-refractivity contribution in [2.45, 2.75) is 51.6 Å². The van der Waals surface area contributed by atoms with Crippen LogP contribution in [-0.4, -0.2) is 19.1 Å². The van der Waals surface area contributed by atoms with Crippen LogP contribution in [0.3, 0.4) is 0 Å². The summed E-state index contributed by atoms with van der Waals surface area (Å²) in [4.78, 5) is 17.4. The van der Waals surface area contributed by atoms with Gasteiger partial charge in [0.25, 0.3) is 5.91 Å². The Bertz CT molecular complexity index is 517. The Morgan fingerprint density at radius 2 is 2.14 bits per heavy atom. The summed E-state index contributed by atoms with van der Waals surface area (Å²) in [6.07, 6.45) is 3.53. The molecule has 0 spiro atoms. The number of rotatable bonds is 6. The van der Waals surface area contributed by atoms with Crippen molar-refractivity contribution >= 4 is 17.5 Å². The van der Waals surface area contributed by atoms with Gasteiger partial charge in [-0.1, -0.05) is 37.6 Å². The summed E-state index contributed by atoms with van der Waals surface area (Å²) in [5, 5.41) is 4.39. The first kappa shape index (κ1) is 17.3. The molecule has 1 aliphatic rings. The molecule has 2 rings (SSSR count). The summed E-state index contributed by atoms with van der Waals surface area (Å²) in [5.74, 6) is -0.0377. The number of benzene rings is 1. The van der Waals surface area contributed by atoms with Gasteiger partial charge in [0.2, 0.25) is 0 Å². The van der Waals surface area contributed by atoms with E-state index in [2.05, 4.69) is 30.7 Å². The molecule has 0 radical (unpaired) electrons. The van der Waals surface area contributed by atoms with Crippen LogP contribution >= 0.6 is 11.6 Å². The number of hydrogen-bond acceptors (Lipinski definition) is 3. The van der Waals surface area contributed by atoms with E-state index >= 15 is 0 Å². The highest BCUT2D eigenvalue weighted by molar-refractivity contribution is 6.30. The van der Waals surface area contributed by atoms with Crippen LogP contribution in [0.5, 0.6) is 0 Å². The predicted molar refractivity (Wildman–Crippen MR) is 88.5 cm³/mol. The van der Waals surface area contributed by atoms with Gasteiger partial charge in [0.1, 0.15) is 0 Å². The van der Waals surface area contributed by atoms with E-state index in [4.69, 9.17) is 16.4 Å². The number of nitrogens with one attached hydrogen (secondary N) is 2. The van der Waals surface area contributed by atoms with Crippen LogP contribution in [0.4, 0.5) is 0 Å². The molecule has 0 aromatic heterocycles. The van der Waals surface area contributed by atoms with E-state index in [-0.39, 0.29) is 18.0 Å². The summed E-state index contributed by atoms with van der Waals surface area (Å²) in [5.41, 5.74) is 3.27. The fourth-order valence-electron chi connectivity index (χ4n) is 3.58. The molecule has 22 heavy (non-hydrogen) atoms. The third-order valence-corrected chi connectivity index (χ3v) is 5.21. The standard InChI is InChI=1S/C17H25ClN2O2/c1-4-17(5-2,16(21)20-22-3)15-10-9-14(19-15)12-7-6-8-13(18)11-12/h6-8,11,14-15,19H,4-5,9-10H2,1-3H3,(H,20,21)/t14-,15+/m0/s1. The highest BCUT2D eigenvalue weighted by Gasteiger charge is 2.46. The minimum absolute atomic E-state index is 0.0377. The normalized spacial score (nSPS) is 21.8. The van der Waals surface area contributed by atoms with Crippen LogP contribution in [-0.2, 0) is 9.63 Å². The average Bonchev–Trinajstić information content (AvgIpc) is 3.00. The molecule has 122 valence electrons. The van der Waals surface area contributed by atoms with Crippen molar-refractivity contribution in [3.8, 4) is 0 Å². The van der Waals surface area contributed by atoms with Gasteiger partial charge in [-0.15, -0.1) is 0 Å². The molecule has 0 aliphatic carbocycles. The first-order chi connectivity index (χ1) is 10.6. The fourth-order valence-corrected chi connectivity index (χ4v) is 3.78. The van der Waals surface area contributed by atoms with Gasteiger partial charge in [0, 0.05) is 17.1 Å². The third-order valence-electron chi connectivity index (χ3n) is 4.97. The predicted octanol–water partition coefficient (Wildman–Crippen LogP) is 3.62. The lowest BCUT2D eigenvalue weighted by Crippen LogP contribution is -2.51. The lowest BCUT2D eigenvalue weighted by Gasteiger charge is -2.36. The minimum Gasteiger partial charge on any atom is -0.306 e. The van der Waals surface area contributed by atoms with Gasteiger partial charge in [-0.25, -0.2) is 5.48 Å². The largest absolute Gasteiger partial charge is 0.306 e. The van der Waals surface area contributed by atoms with Crippen LogP contribution in [0.1, 0.15) is 51.1 Å². The van der Waals surface area contributed by atoms with Crippen molar-refractivity contribution in [3.05, 3.63) is 34.9 Å². The number of carbonyl (C=O) groups excluding carboxylic acids is 1. The molecule has 0 unspecified atom stereocenters. The highest BCUT2D eigenvalue weighted by atomic mass is 35.5. The Kier molecular flexibility index (Phi) is 5.84. The van der Waals surface area contributed by atoms with Gasteiger partial charge >= 0.3 is 0 Å². The molecular formula is C17H25ClN2O2. The molecule has 5 heteroatoms. The maximum absolute atomic E-state index is 12.5. The van der Waals surface area contributed by atoms with Gasteiger partial charge < -0.3 is 5.32 Å². The number of amides is 1. The Morgan fingerprint density at radius 3 is 2.73 bits per heavy atom. The second-order valence-corrected chi connectivity index (χ2v) is 6.34.